The summed E-state index contributed by atoms with van der Waals surface area (Å²) < 4.78 is 0. The normalized spacial score (nSPS) is 22.6. The highest BCUT2D eigenvalue weighted by Gasteiger charge is 2.34. The van der Waals surface area contributed by atoms with Crippen molar-refractivity contribution in [2.75, 3.05) is 11.4 Å². The molecule has 0 N–H and O–H groups in total. The van der Waals surface area contributed by atoms with E-state index in [1.807, 2.05) is 0 Å². The first-order valence-electron chi connectivity index (χ1n) is 8.03. The van der Waals surface area contributed by atoms with Gasteiger partial charge in [0.25, 0.3) is 0 Å². The van der Waals surface area contributed by atoms with Gasteiger partial charge in [-0.15, -0.1) is 0 Å². The Labute approximate surface area is 124 Å². The molecule has 0 bridgehead atoms. The second-order valence-corrected chi connectivity index (χ2v) is 7.14. The zero-order valence-corrected chi connectivity index (χ0v) is 14.4. The number of hydrogen-bond acceptors (Lipinski definition) is 2. The van der Waals surface area contributed by atoms with Crippen molar-refractivity contribution in [1.82, 2.24) is 4.98 Å². The Morgan fingerprint density at radius 2 is 1.70 bits per heavy atom. The van der Waals surface area contributed by atoms with Crippen LogP contribution in [0.3, 0.4) is 0 Å². The Morgan fingerprint density at radius 1 is 1.10 bits per heavy atom. The van der Waals surface area contributed by atoms with Crippen LogP contribution >= 0.6 is 0 Å². The molecule has 1 aromatic rings. The number of pyridine rings is 1. The summed E-state index contributed by atoms with van der Waals surface area (Å²) >= 11 is 0. The van der Waals surface area contributed by atoms with Gasteiger partial charge in [0, 0.05) is 18.3 Å². The highest BCUT2D eigenvalue weighted by atomic mass is 15.2. The van der Waals surface area contributed by atoms with E-state index in [2.05, 4.69) is 60.3 Å². The topological polar surface area (TPSA) is 16.1 Å². The second kappa shape index (κ2) is 5.38. The van der Waals surface area contributed by atoms with Crippen LogP contribution in [0.1, 0.15) is 75.9 Å². The largest absolute Gasteiger partial charge is 0.367 e. The van der Waals surface area contributed by atoms with Gasteiger partial charge in [0.2, 0.25) is 0 Å². The summed E-state index contributed by atoms with van der Waals surface area (Å²) in [4.78, 5) is 7.51. The molecule has 2 atom stereocenters. The first-order valence-corrected chi connectivity index (χ1v) is 8.03. The lowest BCUT2D eigenvalue weighted by Crippen LogP contribution is -2.42. The molecule has 2 heteroatoms. The average Bonchev–Trinajstić information content (AvgIpc) is 2.36. The Morgan fingerprint density at radius 3 is 2.20 bits per heavy atom. The molecule has 0 amide bonds. The number of rotatable bonds is 2. The minimum atomic E-state index is 0.477. The fraction of sp³-hybridized carbons (Fsp3) is 0.722. The zero-order valence-electron chi connectivity index (χ0n) is 14.4. The van der Waals surface area contributed by atoms with Crippen molar-refractivity contribution in [1.29, 1.82) is 0 Å². The van der Waals surface area contributed by atoms with Crippen molar-refractivity contribution in [2.24, 2.45) is 5.92 Å². The molecule has 1 aliphatic rings. The summed E-state index contributed by atoms with van der Waals surface area (Å²) in [5.41, 5.74) is 6.87. The van der Waals surface area contributed by atoms with Crippen LogP contribution in [-0.4, -0.2) is 17.6 Å². The predicted molar refractivity (Wildman–Crippen MR) is 87.9 cm³/mol. The van der Waals surface area contributed by atoms with Crippen molar-refractivity contribution < 1.29 is 0 Å². The third-order valence-electron chi connectivity index (χ3n) is 4.98. The maximum Gasteiger partial charge on any atom is 0.0668 e. The van der Waals surface area contributed by atoms with Crippen LogP contribution < -0.4 is 4.90 Å². The lowest BCUT2D eigenvalue weighted by molar-refractivity contribution is 0.435. The minimum Gasteiger partial charge on any atom is -0.367 e. The lowest BCUT2D eigenvalue weighted by Gasteiger charge is -2.43. The van der Waals surface area contributed by atoms with Gasteiger partial charge >= 0.3 is 0 Å². The lowest BCUT2D eigenvalue weighted by atomic mass is 9.79. The van der Waals surface area contributed by atoms with Crippen LogP contribution in [0.5, 0.6) is 0 Å². The number of fused-ring (bicyclic) bond motifs is 1. The van der Waals surface area contributed by atoms with E-state index in [0.717, 1.165) is 6.54 Å². The first kappa shape index (κ1) is 15.3. The summed E-state index contributed by atoms with van der Waals surface area (Å²) in [5.74, 6) is 1.80. The quantitative estimate of drug-likeness (QED) is 0.771. The summed E-state index contributed by atoms with van der Waals surface area (Å²) in [7, 11) is 0. The molecule has 0 saturated heterocycles. The van der Waals surface area contributed by atoms with E-state index in [1.54, 1.807) is 5.56 Å². The van der Waals surface area contributed by atoms with E-state index in [-0.39, 0.29) is 0 Å². The molecule has 0 aromatic carbocycles. The summed E-state index contributed by atoms with van der Waals surface area (Å²) in [5, 5.41) is 0. The van der Waals surface area contributed by atoms with Gasteiger partial charge in [-0.05, 0) is 56.6 Å². The zero-order chi connectivity index (χ0) is 15.2. The molecule has 1 aliphatic heterocycles. The molecule has 0 saturated carbocycles. The van der Waals surface area contributed by atoms with E-state index in [0.29, 0.717) is 23.8 Å². The third kappa shape index (κ3) is 2.34. The standard InChI is InChI=1S/C18H30N2/c1-10(2)17-18-16(14(7)15(8)19-17)13(6)12(5)9-20(18)11(3)4/h10-13H,9H2,1-8H3/t12-,13-/m1/s1. The van der Waals surface area contributed by atoms with Gasteiger partial charge in [-0.25, -0.2) is 0 Å². The number of aromatic nitrogens is 1. The fourth-order valence-corrected chi connectivity index (χ4v) is 3.40. The van der Waals surface area contributed by atoms with Crippen molar-refractivity contribution in [3.63, 3.8) is 0 Å². The number of hydrogen-bond donors (Lipinski definition) is 0. The maximum atomic E-state index is 4.94. The highest BCUT2D eigenvalue weighted by Crippen LogP contribution is 2.44. The molecule has 2 nitrogen and oxygen atoms in total. The summed E-state index contributed by atoms with van der Waals surface area (Å²) in [6, 6.07) is 0.533. The molecule has 0 aliphatic carbocycles. The van der Waals surface area contributed by atoms with Gasteiger partial charge < -0.3 is 4.90 Å². The third-order valence-corrected chi connectivity index (χ3v) is 4.98. The molecule has 20 heavy (non-hydrogen) atoms. The van der Waals surface area contributed by atoms with Gasteiger partial charge in [-0.2, -0.15) is 0 Å². The average molecular weight is 274 g/mol. The van der Waals surface area contributed by atoms with Gasteiger partial charge in [-0.1, -0.05) is 27.7 Å². The van der Waals surface area contributed by atoms with Crippen LogP contribution in [0.25, 0.3) is 0 Å². The Hall–Kier alpha value is -1.05. The molecular formula is C18H30N2. The first-order chi connectivity index (χ1) is 9.25. The van der Waals surface area contributed by atoms with Gasteiger partial charge in [0.15, 0.2) is 0 Å². The van der Waals surface area contributed by atoms with E-state index in [1.165, 1.54) is 22.6 Å². The van der Waals surface area contributed by atoms with Crippen molar-refractivity contribution in [2.45, 2.75) is 73.3 Å². The molecule has 0 spiro atoms. The van der Waals surface area contributed by atoms with Gasteiger partial charge in [0.1, 0.15) is 0 Å². The molecule has 0 unspecified atom stereocenters. The van der Waals surface area contributed by atoms with Crippen LogP contribution in [0.2, 0.25) is 0 Å². The van der Waals surface area contributed by atoms with Crippen LogP contribution in [0.4, 0.5) is 5.69 Å². The number of nitrogens with zero attached hydrogens (tertiary/aromatic N) is 2. The van der Waals surface area contributed by atoms with Gasteiger partial charge in [0.05, 0.1) is 11.4 Å². The number of anilines is 1. The van der Waals surface area contributed by atoms with Crippen LogP contribution in [0.15, 0.2) is 0 Å². The Bertz CT molecular complexity index is 503. The van der Waals surface area contributed by atoms with Crippen molar-refractivity contribution in [3.8, 4) is 0 Å². The monoisotopic (exact) mass is 274 g/mol. The maximum absolute atomic E-state index is 4.94. The van der Waals surface area contributed by atoms with Crippen molar-refractivity contribution in [3.05, 3.63) is 22.5 Å². The molecule has 112 valence electrons. The molecule has 2 heterocycles. The predicted octanol–water partition coefficient (Wildman–Crippen LogP) is 4.79. The smallest absolute Gasteiger partial charge is 0.0668 e. The van der Waals surface area contributed by atoms with Crippen molar-refractivity contribution >= 4 is 5.69 Å². The molecule has 0 radical (unpaired) electrons. The van der Waals surface area contributed by atoms with Crippen LogP contribution in [-0.2, 0) is 0 Å². The van der Waals surface area contributed by atoms with E-state index in [9.17, 15) is 0 Å². The van der Waals surface area contributed by atoms with Crippen LogP contribution in [0, 0.1) is 19.8 Å². The molecule has 0 fully saturated rings. The number of aryl methyl sites for hydroxylation is 1. The second-order valence-electron chi connectivity index (χ2n) is 7.14. The molecule has 1 aromatic heterocycles. The summed E-state index contributed by atoms with van der Waals surface area (Å²) in [6.45, 7) is 19.4. The SMILES string of the molecule is Cc1nc(C(C)C)c2c(c1C)[C@H](C)[C@H](C)CN2C(C)C. The van der Waals surface area contributed by atoms with E-state index >= 15 is 0 Å². The molecule has 2 rings (SSSR count). The Kier molecular flexibility index (Phi) is 4.13. The Balaban J connectivity index is 2.76. The molecular weight excluding hydrogens is 244 g/mol. The van der Waals surface area contributed by atoms with Gasteiger partial charge in [-0.3, -0.25) is 4.98 Å². The minimum absolute atomic E-state index is 0.477. The summed E-state index contributed by atoms with van der Waals surface area (Å²) in [6.07, 6.45) is 0. The van der Waals surface area contributed by atoms with E-state index < -0.39 is 0 Å². The van der Waals surface area contributed by atoms with E-state index in [4.69, 9.17) is 4.98 Å². The fourth-order valence-electron chi connectivity index (χ4n) is 3.40. The highest BCUT2D eigenvalue weighted by molar-refractivity contribution is 5.65.